The van der Waals surface area contributed by atoms with Crippen LogP contribution in [0.3, 0.4) is 0 Å². The Morgan fingerprint density at radius 3 is 2.83 bits per heavy atom. The van der Waals surface area contributed by atoms with Gasteiger partial charge in [-0.1, -0.05) is 23.7 Å². The second kappa shape index (κ2) is 4.25. The highest BCUT2D eigenvalue weighted by atomic mass is 35.5. The monoisotopic (exact) mass is 257 g/mol. The first-order chi connectivity index (χ1) is 8.75. The second-order valence-electron chi connectivity index (χ2n) is 3.81. The van der Waals surface area contributed by atoms with E-state index in [0.717, 1.165) is 0 Å². The van der Waals surface area contributed by atoms with Crippen molar-refractivity contribution in [1.82, 2.24) is 4.98 Å². The first kappa shape index (κ1) is 10.9. The molecule has 0 aliphatic rings. The summed E-state index contributed by atoms with van der Waals surface area (Å²) < 4.78 is 13.8. The molecule has 0 saturated heterocycles. The fourth-order valence-electron chi connectivity index (χ4n) is 1.84. The van der Waals surface area contributed by atoms with Crippen molar-refractivity contribution in [3.8, 4) is 11.3 Å². The van der Waals surface area contributed by atoms with Crippen LogP contribution in [0.5, 0.6) is 0 Å². The molecule has 18 heavy (non-hydrogen) atoms. The Morgan fingerprint density at radius 2 is 2.00 bits per heavy atom. The average Bonchev–Trinajstić information content (AvgIpc) is 2.39. The molecular weight excluding hydrogens is 251 g/mol. The van der Waals surface area contributed by atoms with Gasteiger partial charge in [0, 0.05) is 16.1 Å². The van der Waals surface area contributed by atoms with E-state index in [1.165, 1.54) is 6.07 Å². The van der Waals surface area contributed by atoms with Crippen LogP contribution in [-0.4, -0.2) is 4.98 Å². The zero-order valence-electron chi connectivity index (χ0n) is 9.19. The van der Waals surface area contributed by atoms with Crippen LogP contribution in [0.15, 0.2) is 42.5 Å². The fourth-order valence-corrected chi connectivity index (χ4v) is 2.02. The standard InChI is InChI=1S/C14H7ClFN2/c15-9-5-6-13-11(7-9)14(18-8-17-13)10-3-1-2-4-12(10)16/h1-7H/q+1. The quantitative estimate of drug-likeness (QED) is 0.670. The van der Waals surface area contributed by atoms with Gasteiger partial charge in [0.2, 0.25) is 5.69 Å². The van der Waals surface area contributed by atoms with Crippen molar-refractivity contribution in [3.05, 3.63) is 59.6 Å². The number of aromatic nitrogens is 2. The third-order valence-corrected chi connectivity index (χ3v) is 2.91. The molecular formula is C14H7ClFN2+. The molecule has 0 amide bonds. The number of halogens is 2. The maximum Gasteiger partial charge on any atom is 0.430 e. The summed E-state index contributed by atoms with van der Waals surface area (Å²) >= 11 is 5.96. The predicted molar refractivity (Wildman–Crippen MR) is 66.6 cm³/mol. The molecule has 0 saturated carbocycles. The summed E-state index contributed by atoms with van der Waals surface area (Å²) in [5.74, 6) is -0.328. The molecule has 1 heterocycles. The molecule has 0 unspecified atom stereocenters. The van der Waals surface area contributed by atoms with Gasteiger partial charge in [0.1, 0.15) is 5.82 Å². The minimum absolute atomic E-state index is 0.328. The molecule has 0 N–H and O–H groups in total. The summed E-state index contributed by atoms with van der Waals surface area (Å²) in [5, 5.41) is 1.28. The van der Waals surface area contributed by atoms with Crippen LogP contribution in [0, 0.1) is 12.1 Å². The minimum Gasteiger partial charge on any atom is -0.206 e. The van der Waals surface area contributed by atoms with Crippen LogP contribution >= 0.6 is 11.6 Å². The molecule has 3 rings (SSSR count). The van der Waals surface area contributed by atoms with Crippen molar-refractivity contribution in [2.75, 3.05) is 0 Å². The highest BCUT2D eigenvalue weighted by Crippen LogP contribution is 2.27. The summed E-state index contributed by atoms with van der Waals surface area (Å²) in [6, 6.07) is 11.7. The largest absolute Gasteiger partial charge is 0.430 e. The van der Waals surface area contributed by atoms with Gasteiger partial charge in [0.05, 0.1) is 10.9 Å². The molecule has 0 fully saturated rings. The molecule has 0 bridgehead atoms. The molecule has 1 aromatic heterocycles. The van der Waals surface area contributed by atoms with Gasteiger partial charge < -0.3 is 0 Å². The van der Waals surface area contributed by atoms with E-state index in [1.54, 1.807) is 36.4 Å². The summed E-state index contributed by atoms with van der Waals surface area (Å²) in [7, 11) is 0. The molecule has 0 aliphatic heterocycles. The van der Waals surface area contributed by atoms with Gasteiger partial charge >= 0.3 is 6.33 Å². The van der Waals surface area contributed by atoms with Crippen molar-refractivity contribution >= 4 is 22.5 Å². The maximum atomic E-state index is 13.8. The number of fused-ring (bicyclic) bond motifs is 1. The third-order valence-electron chi connectivity index (χ3n) is 2.67. The van der Waals surface area contributed by atoms with E-state index in [4.69, 9.17) is 11.6 Å². The molecule has 0 radical (unpaired) electrons. The topological polar surface area (TPSA) is 27.0 Å². The Labute approximate surface area is 108 Å². The maximum absolute atomic E-state index is 13.8. The Hall–Kier alpha value is -2.18. The summed E-state index contributed by atoms with van der Waals surface area (Å²) in [6.07, 6.45) is 2.54. The lowest BCUT2D eigenvalue weighted by Gasteiger charge is -1.98. The average molecular weight is 258 g/mol. The van der Waals surface area contributed by atoms with Crippen molar-refractivity contribution in [3.63, 3.8) is 0 Å². The highest BCUT2D eigenvalue weighted by Gasteiger charge is 2.17. The molecule has 0 spiro atoms. The number of hydrogen-bond acceptors (Lipinski definition) is 1. The van der Waals surface area contributed by atoms with E-state index in [1.807, 2.05) is 0 Å². The molecule has 2 nitrogen and oxygen atoms in total. The van der Waals surface area contributed by atoms with E-state index < -0.39 is 0 Å². The van der Waals surface area contributed by atoms with E-state index in [2.05, 4.69) is 16.3 Å². The summed E-state index contributed by atoms with van der Waals surface area (Å²) in [6.45, 7) is 0. The van der Waals surface area contributed by atoms with E-state index in [0.29, 0.717) is 27.2 Å². The molecule has 0 aliphatic carbocycles. The molecule has 3 aromatic rings. The highest BCUT2D eigenvalue weighted by molar-refractivity contribution is 6.31. The Bertz CT molecular complexity index is 728. The third kappa shape index (κ3) is 1.77. The van der Waals surface area contributed by atoms with Crippen LogP contribution in [0.25, 0.3) is 22.2 Å². The van der Waals surface area contributed by atoms with Crippen LogP contribution in [0.4, 0.5) is 4.39 Å². The normalized spacial score (nSPS) is 10.3. The van der Waals surface area contributed by atoms with Crippen molar-refractivity contribution in [2.45, 2.75) is 0 Å². The Kier molecular flexibility index (Phi) is 2.58. The second-order valence-corrected chi connectivity index (χ2v) is 4.25. The predicted octanol–water partition coefficient (Wildman–Crippen LogP) is 3.09. The van der Waals surface area contributed by atoms with Gasteiger partial charge in [-0.25, -0.2) is 4.39 Å². The Morgan fingerprint density at radius 1 is 1.17 bits per heavy atom. The van der Waals surface area contributed by atoms with Gasteiger partial charge in [-0.05, 0) is 24.3 Å². The lowest BCUT2D eigenvalue weighted by Crippen LogP contribution is -1.98. The van der Waals surface area contributed by atoms with Crippen LogP contribution in [0.1, 0.15) is 0 Å². The minimum atomic E-state index is -0.328. The van der Waals surface area contributed by atoms with Gasteiger partial charge in [-0.2, -0.15) is 4.98 Å². The van der Waals surface area contributed by atoms with Crippen molar-refractivity contribution in [2.24, 2.45) is 0 Å². The summed E-state index contributed by atoms with van der Waals surface area (Å²) in [4.78, 5) is 8.07. The van der Waals surface area contributed by atoms with Crippen LogP contribution in [0.2, 0.25) is 5.02 Å². The fraction of sp³-hybridized carbons (Fsp3) is 0. The van der Waals surface area contributed by atoms with E-state index in [-0.39, 0.29) is 5.82 Å². The first-order valence-electron chi connectivity index (χ1n) is 5.34. The zero-order valence-corrected chi connectivity index (χ0v) is 9.95. The number of hydrogen-bond donors (Lipinski definition) is 0. The van der Waals surface area contributed by atoms with E-state index >= 15 is 0 Å². The molecule has 4 heteroatoms. The molecule has 2 aromatic carbocycles. The van der Waals surface area contributed by atoms with Gasteiger partial charge in [0.25, 0.3) is 5.52 Å². The SMILES string of the molecule is Fc1ccccc1-c1nc#[n+]c2ccc(Cl)cc12. The number of nitrogens with zero attached hydrogens (tertiary/aromatic N) is 2. The van der Waals surface area contributed by atoms with Crippen molar-refractivity contribution in [1.29, 1.82) is 0 Å². The smallest absolute Gasteiger partial charge is 0.206 e. The van der Waals surface area contributed by atoms with Crippen LogP contribution in [-0.2, 0) is 0 Å². The lowest BCUT2D eigenvalue weighted by molar-refractivity contribution is -0.261. The molecule has 86 valence electrons. The van der Waals surface area contributed by atoms with Crippen molar-refractivity contribution < 1.29 is 9.37 Å². The van der Waals surface area contributed by atoms with Crippen LogP contribution < -0.4 is 4.98 Å². The number of benzene rings is 2. The molecule has 0 atom stereocenters. The Balaban J connectivity index is 2.36. The summed E-state index contributed by atoms with van der Waals surface area (Å²) in [5.41, 5.74) is 1.61. The zero-order chi connectivity index (χ0) is 12.5. The lowest BCUT2D eigenvalue weighted by atomic mass is 10.1. The van der Waals surface area contributed by atoms with Gasteiger partial charge in [-0.15, -0.1) is 0 Å². The van der Waals surface area contributed by atoms with E-state index in [9.17, 15) is 4.39 Å². The van der Waals surface area contributed by atoms with Gasteiger partial charge in [-0.3, -0.25) is 0 Å². The number of rotatable bonds is 1. The first-order valence-corrected chi connectivity index (χ1v) is 5.72. The van der Waals surface area contributed by atoms with Gasteiger partial charge in [0.15, 0.2) is 0 Å².